The van der Waals surface area contributed by atoms with E-state index < -0.39 is 96.5 Å². The van der Waals surface area contributed by atoms with Crippen molar-refractivity contribution >= 4 is 98.3 Å². The first-order chi connectivity index (χ1) is 31.2. The van der Waals surface area contributed by atoms with Crippen LogP contribution in [0.2, 0.25) is 36.3 Å². The van der Waals surface area contributed by atoms with E-state index in [-0.39, 0.29) is 32.8 Å². The Labute approximate surface area is 403 Å². The van der Waals surface area contributed by atoms with Crippen LogP contribution in [-0.4, -0.2) is 116 Å². The number of rotatable bonds is 8. The van der Waals surface area contributed by atoms with Crippen molar-refractivity contribution in [1.29, 1.82) is 0 Å². The third-order valence-electron chi connectivity index (χ3n) is 13.1. The molecule has 3 aliphatic heterocycles. The standard InChI is InChI=1S/C40H56N8O12P2S3Si2/c1-22-26-33(43-19-41-22)47(21-45-26)36-29-28(59-66(8,9)39(2,3)4)25(55-36)18-54-61(51,63)57-27-24(17-53-62(52,64)58-29)56-37(30(27)60-67(10,11)40(5,6)7)48-34-31(65-38(48)50)32(42-20-44-34)46-35(49)23-15-13-12-14-16-23/h12-16,19-21,24-25,27-30,36-37H,17-18H2,1-11H3,(H,51,63)(H,52,64)(H,42,44,46,49)/t24-,25-,27-,28-,29-,30-,36-,37-,61?,62?/m1/s1. The number of imidazole rings is 1. The Balaban J connectivity index is 1.19. The number of thiazole rings is 1. The highest BCUT2D eigenvalue weighted by Gasteiger charge is 2.57. The van der Waals surface area contributed by atoms with Gasteiger partial charge in [-0.1, -0.05) is 71.1 Å². The molecule has 3 fully saturated rings. The molecule has 0 spiro atoms. The summed E-state index contributed by atoms with van der Waals surface area (Å²) in [5, 5.41) is 2.14. The summed E-state index contributed by atoms with van der Waals surface area (Å²) in [5.74, 6) is -0.333. The number of aromatic nitrogens is 7. The van der Waals surface area contributed by atoms with E-state index in [1.165, 1.54) is 23.5 Å². The molecule has 0 aliphatic carbocycles. The van der Waals surface area contributed by atoms with Crippen LogP contribution in [0.15, 0.2) is 54.1 Å². The van der Waals surface area contributed by atoms with Crippen molar-refractivity contribution in [3.05, 3.63) is 70.2 Å². The molecule has 5 aromatic rings. The van der Waals surface area contributed by atoms with Crippen molar-refractivity contribution in [1.82, 2.24) is 34.1 Å². The highest BCUT2D eigenvalue weighted by Crippen LogP contribution is 2.56. The lowest BCUT2D eigenvalue weighted by Gasteiger charge is -2.41. The molecule has 0 radical (unpaired) electrons. The average Bonchev–Trinajstić information content (AvgIpc) is 3.98. The van der Waals surface area contributed by atoms with Gasteiger partial charge in [-0.2, -0.15) is 0 Å². The van der Waals surface area contributed by atoms with E-state index in [9.17, 15) is 19.4 Å². The quantitative estimate of drug-likeness (QED) is 0.104. The van der Waals surface area contributed by atoms with Crippen LogP contribution in [0, 0.1) is 6.92 Å². The summed E-state index contributed by atoms with van der Waals surface area (Å²) in [6.45, 7) is 12.9. The Bertz CT molecular complexity index is 2830. The minimum Gasteiger partial charge on any atom is -0.408 e. The third kappa shape index (κ3) is 10.3. The van der Waals surface area contributed by atoms with Gasteiger partial charge >= 0.3 is 18.3 Å². The number of hydrogen-bond acceptors (Lipinski definition) is 18. The van der Waals surface area contributed by atoms with Crippen LogP contribution < -0.4 is 10.2 Å². The predicted octanol–water partition coefficient (Wildman–Crippen LogP) is 7.08. The van der Waals surface area contributed by atoms with Crippen molar-refractivity contribution in [2.24, 2.45) is 0 Å². The maximum atomic E-state index is 14.3. The number of benzene rings is 1. The number of amides is 1. The van der Waals surface area contributed by atoms with E-state index in [0.717, 1.165) is 11.3 Å². The summed E-state index contributed by atoms with van der Waals surface area (Å²) in [6.07, 6.45) is -4.88. The first-order valence-corrected chi connectivity index (χ1v) is 33.3. The molecule has 3 saturated heterocycles. The average molecular weight is 1060 g/mol. The van der Waals surface area contributed by atoms with Crippen LogP contribution in [-0.2, 0) is 60.0 Å². The molecular weight excluding hydrogens is 999 g/mol. The Morgan fingerprint density at radius 2 is 1.37 bits per heavy atom. The van der Waals surface area contributed by atoms with Gasteiger partial charge in [0.1, 0.15) is 59.5 Å². The Morgan fingerprint density at radius 1 is 0.806 bits per heavy atom. The van der Waals surface area contributed by atoms with Crippen molar-refractivity contribution in [2.45, 2.75) is 134 Å². The first kappa shape index (κ1) is 50.7. The summed E-state index contributed by atoms with van der Waals surface area (Å²) < 4.78 is 56.1. The van der Waals surface area contributed by atoms with Crippen LogP contribution in [0.5, 0.6) is 0 Å². The van der Waals surface area contributed by atoms with Gasteiger partial charge in [0.2, 0.25) is 0 Å². The number of nitrogens with one attached hydrogen (secondary N) is 1. The molecule has 7 heterocycles. The number of anilines is 1. The molecular formula is C40H56N8O12P2S3Si2. The number of fused-ring (bicyclic) bond motifs is 5. The second kappa shape index (κ2) is 18.5. The molecule has 4 aromatic heterocycles. The Morgan fingerprint density at radius 3 is 2.01 bits per heavy atom. The van der Waals surface area contributed by atoms with E-state index in [4.69, 9.17) is 60.0 Å². The zero-order valence-corrected chi connectivity index (χ0v) is 45.1. The number of aryl methyl sites for hydroxylation is 1. The van der Waals surface area contributed by atoms with Crippen LogP contribution in [0.4, 0.5) is 5.82 Å². The van der Waals surface area contributed by atoms with E-state index in [1.54, 1.807) is 41.8 Å². The smallest absolute Gasteiger partial charge is 0.325 e. The second-order valence-electron chi connectivity index (χ2n) is 19.7. The van der Waals surface area contributed by atoms with Crippen molar-refractivity contribution < 1.29 is 51.0 Å². The third-order valence-corrected chi connectivity index (χ3v) is 26.1. The number of carbonyl (C=O) groups is 1. The molecule has 2 bridgehead atoms. The van der Waals surface area contributed by atoms with Crippen molar-refractivity contribution in [2.75, 3.05) is 18.5 Å². The van der Waals surface area contributed by atoms with Crippen LogP contribution in [0.3, 0.4) is 0 Å². The summed E-state index contributed by atoms with van der Waals surface area (Å²) in [4.78, 5) is 73.3. The number of ether oxygens (including phenoxy) is 2. The molecule has 20 nitrogen and oxygen atoms in total. The lowest BCUT2D eigenvalue weighted by molar-refractivity contribution is -0.0607. The monoisotopic (exact) mass is 1050 g/mol. The number of carbonyl (C=O) groups excluding carboxylic acids is 1. The molecule has 3 N–H and O–H groups in total. The molecule has 2 unspecified atom stereocenters. The normalized spacial score (nSPS) is 30.2. The van der Waals surface area contributed by atoms with Crippen LogP contribution >= 0.6 is 24.8 Å². The summed E-state index contributed by atoms with van der Waals surface area (Å²) >= 11 is 12.4. The van der Waals surface area contributed by atoms with Crippen LogP contribution in [0.1, 0.15) is 70.1 Å². The molecule has 3 aliphatic rings. The lowest BCUT2D eigenvalue weighted by atomic mass is 10.1. The Hall–Kier alpha value is -2.66. The molecule has 364 valence electrons. The Kier molecular flexibility index (Phi) is 14.0. The summed E-state index contributed by atoms with van der Waals surface area (Å²) in [6, 6.07) is 8.57. The predicted molar refractivity (Wildman–Crippen MR) is 263 cm³/mol. The van der Waals surface area contributed by atoms with Gasteiger partial charge in [0.15, 0.2) is 46.2 Å². The van der Waals surface area contributed by atoms with Gasteiger partial charge in [-0.3, -0.25) is 27.8 Å². The largest absolute Gasteiger partial charge is 0.408 e. The SMILES string of the molecule is Cc1ncnc2c1ncn2[C@@H]1O[C@@H]2COP(O)(=S)O[C@H]3[C@@H](O[Si](C)(C)C(C)(C)C)[C@H](n4c(=O)sc5c(NC(=O)c6ccccc6)ncnc54)O[C@@H]3COP(O)(=S)O[C@@H]1[C@@H]2O[Si](C)(C)C(C)(C)C. The lowest BCUT2D eigenvalue weighted by Crippen LogP contribution is -2.50. The van der Waals surface area contributed by atoms with E-state index >= 15 is 0 Å². The minimum atomic E-state index is -4.29. The fourth-order valence-electron chi connectivity index (χ4n) is 7.45. The van der Waals surface area contributed by atoms with Gasteiger partial charge in [-0.15, -0.1) is 0 Å². The molecule has 1 amide bonds. The van der Waals surface area contributed by atoms with Crippen LogP contribution in [0.25, 0.3) is 21.5 Å². The fraction of sp³-hybridized carbons (Fsp3) is 0.575. The zero-order valence-electron chi connectivity index (χ0n) is 38.9. The molecule has 8 rings (SSSR count). The molecule has 10 atom stereocenters. The summed E-state index contributed by atoms with van der Waals surface area (Å²) in [5.41, 5.74) is 2.09. The minimum absolute atomic E-state index is 0.108. The maximum absolute atomic E-state index is 14.3. The van der Waals surface area contributed by atoms with E-state index in [2.05, 4.69) is 64.1 Å². The zero-order chi connectivity index (χ0) is 48.6. The maximum Gasteiger partial charge on any atom is 0.325 e. The molecule has 27 heteroatoms. The molecule has 67 heavy (non-hydrogen) atoms. The van der Waals surface area contributed by atoms with Gasteiger partial charge in [0, 0.05) is 5.56 Å². The van der Waals surface area contributed by atoms with Gasteiger partial charge in [0.05, 0.1) is 25.2 Å². The second-order valence-corrected chi connectivity index (χ2v) is 35.8. The van der Waals surface area contributed by atoms with Gasteiger partial charge in [-0.05, 0) is 78.9 Å². The summed E-state index contributed by atoms with van der Waals surface area (Å²) in [7, 11) is -5.47. The number of nitrogens with zero attached hydrogens (tertiary/aromatic N) is 7. The van der Waals surface area contributed by atoms with Gasteiger partial charge in [-0.25, -0.2) is 24.9 Å². The highest BCUT2D eigenvalue weighted by molar-refractivity contribution is 8.07. The topological polar surface area (TPSA) is 235 Å². The van der Waals surface area contributed by atoms with Crippen molar-refractivity contribution in [3.63, 3.8) is 0 Å². The fourth-order valence-corrected chi connectivity index (χ4v) is 13.8. The van der Waals surface area contributed by atoms with E-state index in [0.29, 0.717) is 22.4 Å². The van der Waals surface area contributed by atoms with Gasteiger partial charge in [0.25, 0.3) is 5.91 Å². The van der Waals surface area contributed by atoms with Gasteiger partial charge < -0.3 is 42.5 Å². The molecule has 1 aromatic carbocycles. The number of hydrogen-bond donors (Lipinski definition) is 3. The molecule has 0 saturated carbocycles. The highest BCUT2D eigenvalue weighted by atomic mass is 32.5. The van der Waals surface area contributed by atoms with Crippen molar-refractivity contribution in [3.8, 4) is 0 Å². The first-order valence-electron chi connectivity index (χ1n) is 21.5. The van der Waals surface area contributed by atoms with E-state index in [1.807, 2.05) is 33.9 Å².